The number of imidazole rings is 1. The molecule has 0 radical (unpaired) electrons. The van der Waals surface area contributed by atoms with Crippen LogP contribution in [0.5, 0.6) is 5.75 Å². The van der Waals surface area contributed by atoms with Crippen LogP contribution in [0, 0.1) is 33.7 Å². The summed E-state index contributed by atoms with van der Waals surface area (Å²) in [6.45, 7) is 23.3. The normalized spacial score (nSPS) is 13.0. The van der Waals surface area contributed by atoms with E-state index in [4.69, 9.17) is 14.1 Å². The second-order valence-corrected chi connectivity index (χ2v) is 20.2. The standard InChI is InChI=1S/C58H60N3O.Pt/c1-35-17-19-39(20-18-35)41-23-24-59-50(33-41)44-28-43(31-45(32-44)56(5,6)7)48-15-14-16-52-53(48)60-55(49-26-36(2)25-38(4)54(49)62)61(52)51-22-21-40(27-37(51)3)42-29-46(57(8,9)10)34-47(30-42)58(11,12)13;/h14-27,29-34,62H,1-13H3;/q-1;/i3D3;. The Hall–Kier alpha value is -5.57. The number of nitrogens with zero attached hydrogens (tertiary/aromatic N) is 3. The molecule has 1 N–H and O–H groups in total. The number of rotatable bonds is 6. The molecule has 63 heavy (non-hydrogen) atoms. The fraction of sp³-hybridized carbons (Fsp3) is 0.276. The molecular weight excluding hydrogens is 950 g/mol. The van der Waals surface area contributed by atoms with Crippen LogP contribution in [0.4, 0.5) is 0 Å². The Morgan fingerprint density at radius 1 is 0.571 bits per heavy atom. The Labute approximate surface area is 394 Å². The van der Waals surface area contributed by atoms with E-state index in [2.05, 4.69) is 136 Å². The zero-order valence-corrected chi connectivity index (χ0v) is 40.9. The predicted molar refractivity (Wildman–Crippen MR) is 262 cm³/mol. The van der Waals surface area contributed by atoms with Crippen molar-refractivity contribution in [2.45, 2.75) is 106 Å². The van der Waals surface area contributed by atoms with Gasteiger partial charge in [-0.05, 0) is 124 Å². The molecule has 0 atom stereocenters. The minimum absolute atomic E-state index is 0. The molecule has 324 valence electrons. The molecule has 8 rings (SSSR count). The summed E-state index contributed by atoms with van der Waals surface area (Å²) in [5, 5.41) is 11.8. The van der Waals surface area contributed by atoms with Gasteiger partial charge in [0.25, 0.3) is 0 Å². The molecule has 0 spiro atoms. The largest absolute Gasteiger partial charge is 0.507 e. The predicted octanol–water partition coefficient (Wildman–Crippen LogP) is 15.4. The van der Waals surface area contributed by atoms with Crippen molar-refractivity contribution in [1.82, 2.24) is 14.5 Å². The molecule has 2 heterocycles. The molecule has 0 saturated heterocycles. The van der Waals surface area contributed by atoms with Gasteiger partial charge in [0.15, 0.2) is 0 Å². The van der Waals surface area contributed by atoms with Crippen molar-refractivity contribution in [2.75, 3.05) is 0 Å². The van der Waals surface area contributed by atoms with Gasteiger partial charge in [-0.1, -0.05) is 152 Å². The van der Waals surface area contributed by atoms with Gasteiger partial charge in [-0.25, -0.2) is 4.98 Å². The summed E-state index contributed by atoms with van der Waals surface area (Å²) in [5.41, 5.74) is 15.7. The van der Waals surface area contributed by atoms with Crippen molar-refractivity contribution in [1.29, 1.82) is 0 Å². The number of pyridine rings is 1. The molecule has 0 amide bonds. The van der Waals surface area contributed by atoms with E-state index in [1.165, 1.54) is 16.7 Å². The Kier molecular flexibility index (Phi) is 11.1. The van der Waals surface area contributed by atoms with Crippen LogP contribution in [0.25, 0.3) is 72.7 Å². The molecule has 0 unspecified atom stereocenters. The maximum absolute atomic E-state index is 11.8. The fourth-order valence-electron chi connectivity index (χ4n) is 8.23. The van der Waals surface area contributed by atoms with Crippen LogP contribution in [0.15, 0.2) is 121 Å². The van der Waals surface area contributed by atoms with Crippen LogP contribution in [-0.4, -0.2) is 19.6 Å². The molecule has 2 aromatic heterocycles. The van der Waals surface area contributed by atoms with Gasteiger partial charge in [0.05, 0.1) is 22.3 Å². The van der Waals surface area contributed by atoms with E-state index in [0.717, 1.165) is 55.8 Å². The van der Waals surface area contributed by atoms with Crippen LogP contribution in [0.2, 0.25) is 0 Å². The van der Waals surface area contributed by atoms with Crippen molar-refractivity contribution in [3.8, 4) is 67.5 Å². The van der Waals surface area contributed by atoms with E-state index >= 15 is 0 Å². The van der Waals surface area contributed by atoms with Gasteiger partial charge in [-0.15, -0.1) is 29.3 Å². The van der Waals surface area contributed by atoms with E-state index in [-0.39, 0.29) is 48.6 Å². The second kappa shape index (κ2) is 16.9. The zero-order valence-electron chi connectivity index (χ0n) is 41.7. The van der Waals surface area contributed by atoms with Gasteiger partial charge in [0.2, 0.25) is 0 Å². The minimum Gasteiger partial charge on any atom is -0.507 e. The summed E-state index contributed by atoms with van der Waals surface area (Å²) < 4.78 is 29.0. The van der Waals surface area contributed by atoms with Crippen LogP contribution < -0.4 is 0 Å². The molecule has 0 aliphatic rings. The maximum atomic E-state index is 11.8. The maximum Gasteiger partial charge on any atom is 0.148 e. The van der Waals surface area contributed by atoms with E-state index in [9.17, 15) is 5.11 Å². The number of para-hydroxylation sites is 1. The number of hydrogen-bond acceptors (Lipinski definition) is 3. The summed E-state index contributed by atoms with van der Waals surface area (Å²) in [6, 6.07) is 43.0. The van der Waals surface area contributed by atoms with Crippen molar-refractivity contribution in [3.05, 3.63) is 166 Å². The van der Waals surface area contributed by atoms with Crippen LogP contribution >= 0.6 is 0 Å². The molecule has 5 heteroatoms. The number of aryl methyl sites for hydroxylation is 4. The van der Waals surface area contributed by atoms with Crippen LogP contribution in [-0.2, 0) is 37.3 Å². The smallest absolute Gasteiger partial charge is 0.148 e. The number of aromatic nitrogens is 3. The first-order chi connectivity index (χ1) is 30.4. The molecule has 0 fully saturated rings. The summed E-state index contributed by atoms with van der Waals surface area (Å²) in [7, 11) is 0. The van der Waals surface area contributed by atoms with Gasteiger partial charge < -0.3 is 5.11 Å². The molecule has 0 aliphatic carbocycles. The number of fused-ring (bicyclic) bond motifs is 1. The van der Waals surface area contributed by atoms with Gasteiger partial charge >= 0.3 is 0 Å². The number of phenols is 1. The Morgan fingerprint density at radius 2 is 1.19 bits per heavy atom. The summed E-state index contributed by atoms with van der Waals surface area (Å²) >= 11 is 0. The molecular formula is C58H60N3OPt-. The number of hydrogen-bond donors (Lipinski definition) is 1. The fourth-order valence-corrected chi connectivity index (χ4v) is 8.23. The quantitative estimate of drug-likeness (QED) is 0.169. The minimum atomic E-state index is -2.50. The number of aromatic hydroxyl groups is 1. The molecule has 0 saturated carbocycles. The molecule has 6 aromatic carbocycles. The third kappa shape index (κ3) is 9.11. The number of phenolic OH excluding ortho intramolecular Hbond substituents is 1. The van der Waals surface area contributed by atoms with E-state index in [1.54, 1.807) is 0 Å². The first-order valence-corrected chi connectivity index (χ1v) is 21.6. The summed E-state index contributed by atoms with van der Waals surface area (Å²) in [6.07, 6.45) is 1.85. The second-order valence-electron chi connectivity index (χ2n) is 20.2. The van der Waals surface area contributed by atoms with Gasteiger partial charge in [-0.2, -0.15) is 0 Å². The van der Waals surface area contributed by atoms with Gasteiger partial charge in [0.1, 0.15) is 11.6 Å². The SMILES string of the molecule is [2H]C([2H])([2H])c1cc(-c2cc(C(C)(C)C)cc(C(C)(C)C)c2)ccc1-n1c(-c2cc(C)cc(C)c2O)nc2c(-c3[c-]c(-c4cc(-c5ccc(C)cc5)ccn4)cc(C(C)(C)C)c3)cccc21.[Pt]. The first-order valence-electron chi connectivity index (χ1n) is 23.1. The summed E-state index contributed by atoms with van der Waals surface area (Å²) in [5.74, 6) is 0.539. The average Bonchev–Trinajstić information content (AvgIpc) is 3.63. The van der Waals surface area contributed by atoms with E-state index in [0.29, 0.717) is 33.7 Å². The van der Waals surface area contributed by atoms with Crippen molar-refractivity contribution in [3.63, 3.8) is 0 Å². The molecule has 8 aromatic rings. The topological polar surface area (TPSA) is 50.9 Å². The average molecular weight is 1010 g/mol. The molecule has 0 aliphatic heterocycles. The third-order valence-electron chi connectivity index (χ3n) is 12.1. The third-order valence-corrected chi connectivity index (χ3v) is 12.1. The van der Waals surface area contributed by atoms with Gasteiger partial charge in [0, 0.05) is 37.1 Å². The number of benzene rings is 6. The Balaban J connectivity index is 0.00000648. The van der Waals surface area contributed by atoms with Crippen molar-refractivity contribution in [2.24, 2.45) is 0 Å². The van der Waals surface area contributed by atoms with Crippen molar-refractivity contribution < 1.29 is 30.3 Å². The Morgan fingerprint density at radius 3 is 1.84 bits per heavy atom. The zero-order chi connectivity index (χ0) is 47.0. The van der Waals surface area contributed by atoms with Gasteiger partial charge in [-0.3, -0.25) is 9.55 Å². The molecule has 0 bridgehead atoms. The monoisotopic (exact) mass is 1010 g/mol. The van der Waals surface area contributed by atoms with Crippen LogP contribution in [0.1, 0.15) is 105 Å². The summed E-state index contributed by atoms with van der Waals surface area (Å²) in [4.78, 5) is 10.3. The van der Waals surface area contributed by atoms with E-state index < -0.39 is 6.85 Å². The van der Waals surface area contributed by atoms with Crippen LogP contribution in [0.3, 0.4) is 0 Å². The van der Waals surface area contributed by atoms with E-state index in [1.807, 2.05) is 79.2 Å². The first kappa shape index (κ1) is 41.4. The van der Waals surface area contributed by atoms with Crippen molar-refractivity contribution >= 4 is 11.0 Å². The molecule has 4 nitrogen and oxygen atoms in total. The Bertz CT molecular complexity index is 3090.